The number of thiocarbonyl (C=S) groups is 1. The van der Waals surface area contributed by atoms with E-state index in [0.717, 1.165) is 0 Å². The van der Waals surface area contributed by atoms with Gasteiger partial charge in [-0.3, -0.25) is 9.36 Å². The van der Waals surface area contributed by atoms with Gasteiger partial charge in [-0.05, 0) is 32.9 Å². The number of hydrogen-bond donors (Lipinski definition) is 1. The van der Waals surface area contributed by atoms with E-state index in [1.54, 1.807) is 32.9 Å². The summed E-state index contributed by atoms with van der Waals surface area (Å²) in [5, 5.41) is 2.90. The van der Waals surface area contributed by atoms with Gasteiger partial charge >= 0.3 is 13.6 Å². The van der Waals surface area contributed by atoms with Crippen LogP contribution in [0.15, 0.2) is 30.3 Å². The average molecular weight is 359 g/mol. The smallest absolute Gasteiger partial charge is 0.351 e. The van der Waals surface area contributed by atoms with Gasteiger partial charge in [-0.15, -0.1) is 0 Å². The van der Waals surface area contributed by atoms with Crippen LogP contribution in [-0.2, 0) is 23.1 Å². The number of carbonyl (C=O) groups is 1. The van der Waals surface area contributed by atoms with Gasteiger partial charge in [0.05, 0.1) is 19.8 Å². The van der Waals surface area contributed by atoms with E-state index in [-0.39, 0.29) is 24.8 Å². The number of carbonyl (C=O) groups excluding carboxylic acids is 1. The highest BCUT2D eigenvalue weighted by Gasteiger charge is 2.45. The molecular formula is C15H22NO5PS. The highest BCUT2D eigenvalue weighted by molar-refractivity contribution is 7.82. The maximum Gasteiger partial charge on any atom is 0.351 e. The zero-order valence-electron chi connectivity index (χ0n) is 13.5. The molecule has 0 radical (unpaired) electrons. The van der Waals surface area contributed by atoms with Gasteiger partial charge in [0.1, 0.15) is 4.99 Å². The van der Waals surface area contributed by atoms with E-state index in [9.17, 15) is 9.36 Å². The summed E-state index contributed by atoms with van der Waals surface area (Å²) in [6.45, 7) is 5.39. The van der Waals surface area contributed by atoms with E-state index in [0.29, 0.717) is 5.69 Å². The van der Waals surface area contributed by atoms with Gasteiger partial charge in [0.25, 0.3) is 0 Å². The first-order chi connectivity index (χ1) is 11.0. The molecule has 23 heavy (non-hydrogen) atoms. The summed E-state index contributed by atoms with van der Waals surface area (Å²) < 4.78 is 28.5. The first-order valence-electron chi connectivity index (χ1n) is 7.39. The quantitative estimate of drug-likeness (QED) is 0.410. The van der Waals surface area contributed by atoms with Crippen molar-refractivity contribution in [2.75, 3.05) is 25.1 Å². The van der Waals surface area contributed by atoms with Crippen LogP contribution in [0.1, 0.15) is 20.8 Å². The Hall–Kier alpha value is -1.27. The summed E-state index contributed by atoms with van der Waals surface area (Å²) >= 11 is 5.28. The van der Waals surface area contributed by atoms with Gasteiger partial charge in [-0.25, -0.2) is 0 Å². The number of esters is 1. The molecule has 8 heteroatoms. The SMILES string of the molecule is CCOC(=O)C(C(=S)Nc1ccccc1)P(=O)(OCC)OCC. The molecule has 0 aliphatic heterocycles. The van der Waals surface area contributed by atoms with Crippen molar-refractivity contribution < 1.29 is 23.1 Å². The Kier molecular flexibility index (Phi) is 8.41. The maximum absolute atomic E-state index is 13.0. The van der Waals surface area contributed by atoms with Crippen LogP contribution in [0.4, 0.5) is 5.69 Å². The minimum atomic E-state index is -3.79. The van der Waals surface area contributed by atoms with Gasteiger partial charge in [0, 0.05) is 5.69 Å². The lowest BCUT2D eigenvalue weighted by Crippen LogP contribution is -2.36. The molecule has 6 nitrogen and oxygen atoms in total. The molecule has 0 amide bonds. The van der Waals surface area contributed by atoms with Gasteiger partial charge in [0.2, 0.25) is 5.66 Å². The largest absolute Gasteiger partial charge is 0.465 e. The molecule has 1 aromatic rings. The molecule has 0 saturated carbocycles. The number of rotatable bonds is 9. The Balaban J connectivity index is 3.10. The van der Waals surface area contributed by atoms with Crippen molar-refractivity contribution in [2.24, 2.45) is 0 Å². The van der Waals surface area contributed by atoms with Crippen molar-refractivity contribution in [3.63, 3.8) is 0 Å². The number of benzene rings is 1. The fraction of sp³-hybridized carbons (Fsp3) is 0.467. The molecule has 1 N–H and O–H groups in total. The number of anilines is 1. The van der Waals surface area contributed by atoms with Crippen LogP contribution in [0, 0.1) is 0 Å². The molecule has 1 aromatic carbocycles. The zero-order chi connectivity index (χ0) is 17.3. The van der Waals surface area contributed by atoms with E-state index in [1.165, 1.54) is 0 Å². The number of hydrogen-bond acceptors (Lipinski definition) is 6. The summed E-state index contributed by atoms with van der Waals surface area (Å²) in [5.74, 6) is -0.730. The molecular weight excluding hydrogens is 337 g/mol. The van der Waals surface area contributed by atoms with Crippen LogP contribution in [0.5, 0.6) is 0 Å². The molecule has 1 unspecified atom stereocenters. The lowest BCUT2D eigenvalue weighted by atomic mass is 10.3. The number of ether oxygens (including phenoxy) is 1. The summed E-state index contributed by atoms with van der Waals surface area (Å²) in [7, 11) is -3.79. The molecule has 0 heterocycles. The second-order valence-electron chi connectivity index (χ2n) is 4.39. The molecule has 0 aliphatic rings. The molecule has 0 bridgehead atoms. The van der Waals surface area contributed by atoms with Crippen molar-refractivity contribution in [2.45, 2.75) is 26.4 Å². The van der Waals surface area contributed by atoms with Crippen LogP contribution in [-0.4, -0.2) is 36.4 Å². The molecule has 128 valence electrons. The fourth-order valence-electron chi connectivity index (χ4n) is 1.88. The van der Waals surface area contributed by atoms with Gasteiger partial charge < -0.3 is 19.1 Å². The van der Waals surface area contributed by atoms with E-state index < -0.39 is 19.2 Å². The second-order valence-corrected chi connectivity index (χ2v) is 6.94. The summed E-state index contributed by atoms with van der Waals surface area (Å²) in [6, 6.07) is 9.04. The minimum absolute atomic E-state index is 0.0416. The molecule has 0 saturated heterocycles. The van der Waals surface area contributed by atoms with Gasteiger partial charge in [-0.1, -0.05) is 30.4 Å². The van der Waals surface area contributed by atoms with Crippen LogP contribution >= 0.6 is 19.8 Å². The summed E-state index contributed by atoms with van der Waals surface area (Å²) in [6.07, 6.45) is 0. The van der Waals surface area contributed by atoms with Crippen molar-refractivity contribution in [3.8, 4) is 0 Å². The van der Waals surface area contributed by atoms with Crippen molar-refractivity contribution in [1.29, 1.82) is 0 Å². The number of para-hydroxylation sites is 1. The Labute approximate surface area is 142 Å². The average Bonchev–Trinajstić information content (AvgIpc) is 2.49. The Morgan fingerprint density at radius 2 is 1.70 bits per heavy atom. The first kappa shape index (κ1) is 19.8. The zero-order valence-corrected chi connectivity index (χ0v) is 15.2. The third-order valence-electron chi connectivity index (χ3n) is 2.73. The Bertz CT molecular complexity index is 556. The molecule has 1 rings (SSSR count). The van der Waals surface area contributed by atoms with Crippen LogP contribution < -0.4 is 5.32 Å². The normalized spacial score (nSPS) is 12.5. The second kappa shape index (κ2) is 9.78. The molecule has 0 aromatic heterocycles. The summed E-state index contributed by atoms with van der Waals surface area (Å²) in [4.78, 5) is 12.3. The highest BCUT2D eigenvalue weighted by Crippen LogP contribution is 2.54. The fourth-order valence-corrected chi connectivity index (χ4v) is 4.26. The van der Waals surface area contributed by atoms with Crippen LogP contribution in [0.2, 0.25) is 0 Å². The first-order valence-corrected chi connectivity index (χ1v) is 9.41. The molecule has 0 spiro atoms. The molecule has 0 aliphatic carbocycles. The highest BCUT2D eigenvalue weighted by atomic mass is 32.1. The predicted molar refractivity (Wildman–Crippen MR) is 93.9 cm³/mol. The maximum atomic E-state index is 13.0. The third kappa shape index (κ3) is 5.70. The molecule has 1 atom stereocenters. The Morgan fingerprint density at radius 1 is 1.13 bits per heavy atom. The van der Waals surface area contributed by atoms with Crippen molar-refractivity contribution in [1.82, 2.24) is 0 Å². The van der Waals surface area contributed by atoms with Crippen molar-refractivity contribution in [3.05, 3.63) is 30.3 Å². The monoisotopic (exact) mass is 359 g/mol. The van der Waals surface area contributed by atoms with E-state index >= 15 is 0 Å². The van der Waals surface area contributed by atoms with E-state index in [4.69, 9.17) is 26.0 Å². The van der Waals surface area contributed by atoms with Crippen molar-refractivity contribution >= 4 is 36.5 Å². The third-order valence-corrected chi connectivity index (χ3v) is 5.58. The lowest BCUT2D eigenvalue weighted by molar-refractivity contribution is -0.141. The van der Waals surface area contributed by atoms with Gasteiger partial charge in [0.15, 0.2) is 0 Å². The summed E-state index contributed by atoms with van der Waals surface area (Å²) in [5.41, 5.74) is -0.635. The molecule has 0 fully saturated rings. The van der Waals surface area contributed by atoms with Crippen LogP contribution in [0.25, 0.3) is 0 Å². The topological polar surface area (TPSA) is 73.9 Å². The lowest BCUT2D eigenvalue weighted by Gasteiger charge is -2.25. The standard InChI is InChI=1S/C15H22NO5PS/c1-4-19-15(17)13(22(18,20-5-2)21-6-3)14(23)16-12-10-8-7-9-11-12/h7-11,13H,4-6H2,1-3H3,(H,16,23). The number of nitrogens with one attached hydrogen (secondary N) is 1. The minimum Gasteiger partial charge on any atom is -0.465 e. The Morgan fingerprint density at radius 3 is 2.17 bits per heavy atom. The predicted octanol–water partition coefficient (Wildman–Crippen LogP) is 3.62. The van der Waals surface area contributed by atoms with Crippen LogP contribution in [0.3, 0.4) is 0 Å². The van der Waals surface area contributed by atoms with Gasteiger partial charge in [-0.2, -0.15) is 0 Å². The van der Waals surface area contributed by atoms with E-state index in [1.807, 2.05) is 18.2 Å². The van der Waals surface area contributed by atoms with E-state index in [2.05, 4.69) is 5.32 Å².